The fourth-order valence-corrected chi connectivity index (χ4v) is 5.52. The van der Waals surface area contributed by atoms with Crippen LogP contribution in [0.1, 0.15) is 16.7 Å². The summed E-state index contributed by atoms with van der Waals surface area (Å²) in [6.07, 6.45) is 5.67. The van der Waals surface area contributed by atoms with Crippen molar-refractivity contribution < 1.29 is 25.8 Å². The summed E-state index contributed by atoms with van der Waals surface area (Å²) in [6, 6.07) is 37.1. The molecule has 0 radical (unpaired) electrons. The Morgan fingerprint density at radius 2 is 1.42 bits per heavy atom. The van der Waals surface area contributed by atoms with Crippen LogP contribution in [-0.4, -0.2) is 14.8 Å². The summed E-state index contributed by atoms with van der Waals surface area (Å²) < 4.78 is 8.06. The molecule has 216 valence electrons. The summed E-state index contributed by atoms with van der Waals surface area (Å²) in [4.78, 5) is 8.99. The molecule has 3 heterocycles. The van der Waals surface area contributed by atoms with Gasteiger partial charge in [-0.05, 0) is 55.3 Å². The molecule has 7 rings (SSSR count). The van der Waals surface area contributed by atoms with Crippen molar-refractivity contribution in [2.45, 2.75) is 20.8 Å². The Bertz CT molecular complexity index is 1880. The topological polar surface area (TPSA) is 46.4 Å². The molecule has 0 spiro atoms. The fourth-order valence-electron chi connectivity index (χ4n) is 5.52. The Kier molecular flexibility index (Phi) is 7.88. The van der Waals surface area contributed by atoms with Gasteiger partial charge in [0.05, 0.1) is 11.9 Å². The molecule has 1 aliphatic rings. The number of anilines is 4. The smallest absolute Gasteiger partial charge is 0.124 e. The summed E-state index contributed by atoms with van der Waals surface area (Å²) in [6.45, 7) is 8.51. The Labute approximate surface area is 266 Å². The molecule has 4 aromatic carbocycles. The summed E-state index contributed by atoms with van der Waals surface area (Å²) in [7, 11) is 0. The molecule has 0 N–H and O–H groups in total. The standard InChI is InChI=1S/C36H28N5O.Pt/c1-25-18-26(2)35(27(3)19-25)40-24-39(36-34(40)16-9-17-37-36)30-12-7-14-32(20-30)42-33-15-8-13-31(21-33)41-23-29(22-38-41)28-10-5-4-6-11-28;/h4-19,22-24H,1-3H3;/q-3;. The predicted octanol–water partition coefficient (Wildman–Crippen LogP) is 8.66. The Morgan fingerprint density at radius 3 is 2.16 bits per heavy atom. The zero-order valence-electron chi connectivity index (χ0n) is 23.9. The average molecular weight is 742 g/mol. The van der Waals surface area contributed by atoms with Gasteiger partial charge in [-0.3, -0.25) is 4.68 Å². The molecule has 0 saturated heterocycles. The molecule has 6 nitrogen and oxygen atoms in total. The second kappa shape index (κ2) is 11.9. The van der Waals surface area contributed by atoms with Crippen molar-refractivity contribution in [1.82, 2.24) is 14.8 Å². The third-order valence-electron chi connectivity index (χ3n) is 7.28. The van der Waals surface area contributed by atoms with Crippen LogP contribution >= 0.6 is 0 Å². The molecule has 1 aliphatic heterocycles. The average Bonchev–Trinajstić information content (AvgIpc) is 3.64. The number of nitrogens with zero attached hydrogens (tertiary/aromatic N) is 5. The van der Waals surface area contributed by atoms with Crippen LogP contribution in [0.4, 0.5) is 22.9 Å². The van der Waals surface area contributed by atoms with Crippen LogP contribution in [0.15, 0.2) is 110 Å². The van der Waals surface area contributed by atoms with Crippen molar-refractivity contribution in [2.24, 2.45) is 0 Å². The van der Waals surface area contributed by atoms with Crippen molar-refractivity contribution in [3.05, 3.63) is 145 Å². The second-order valence-corrected chi connectivity index (χ2v) is 10.4. The minimum atomic E-state index is 0. The van der Waals surface area contributed by atoms with E-state index in [1.165, 1.54) is 16.7 Å². The van der Waals surface area contributed by atoms with Gasteiger partial charge in [0.2, 0.25) is 0 Å². The number of fused-ring (bicyclic) bond motifs is 1. The second-order valence-electron chi connectivity index (χ2n) is 10.4. The number of hydrogen-bond donors (Lipinski definition) is 0. The summed E-state index contributed by atoms with van der Waals surface area (Å²) in [5.74, 6) is 2.00. The zero-order chi connectivity index (χ0) is 28.6. The van der Waals surface area contributed by atoms with Gasteiger partial charge < -0.3 is 14.5 Å². The van der Waals surface area contributed by atoms with E-state index in [4.69, 9.17) is 9.72 Å². The van der Waals surface area contributed by atoms with Crippen molar-refractivity contribution in [3.63, 3.8) is 0 Å². The van der Waals surface area contributed by atoms with E-state index in [1.807, 2.05) is 79.3 Å². The molecular weight excluding hydrogens is 714 g/mol. The van der Waals surface area contributed by atoms with Gasteiger partial charge in [0.1, 0.15) is 5.82 Å². The van der Waals surface area contributed by atoms with E-state index in [1.54, 1.807) is 4.68 Å². The molecule has 0 amide bonds. The van der Waals surface area contributed by atoms with Gasteiger partial charge in [0.15, 0.2) is 0 Å². The molecule has 0 unspecified atom stereocenters. The maximum atomic E-state index is 6.26. The van der Waals surface area contributed by atoms with Gasteiger partial charge in [-0.15, -0.1) is 43.1 Å². The van der Waals surface area contributed by atoms with Crippen LogP contribution in [0, 0.1) is 39.6 Å². The van der Waals surface area contributed by atoms with Gasteiger partial charge in [-0.2, -0.15) is 17.2 Å². The van der Waals surface area contributed by atoms with Crippen LogP contribution in [0.3, 0.4) is 0 Å². The van der Waals surface area contributed by atoms with E-state index in [2.05, 4.69) is 84.8 Å². The third kappa shape index (κ3) is 5.59. The molecule has 2 aromatic heterocycles. The molecule has 0 atom stereocenters. The van der Waals surface area contributed by atoms with E-state index in [0.29, 0.717) is 11.5 Å². The predicted molar refractivity (Wildman–Crippen MR) is 167 cm³/mol. The third-order valence-corrected chi connectivity index (χ3v) is 7.28. The van der Waals surface area contributed by atoms with Gasteiger partial charge in [-0.1, -0.05) is 53.7 Å². The molecule has 0 fully saturated rings. The Balaban J connectivity index is 0.00000329. The molecule has 0 aliphatic carbocycles. The summed E-state index contributed by atoms with van der Waals surface area (Å²) in [5, 5.41) is 4.55. The number of ether oxygens (including phenoxy) is 1. The quantitative estimate of drug-likeness (QED) is 0.160. The van der Waals surface area contributed by atoms with Crippen molar-refractivity contribution >= 4 is 22.9 Å². The molecule has 7 heteroatoms. The van der Waals surface area contributed by atoms with Crippen LogP contribution in [0.2, 0.25) is 0 Å². The van der Waals surface area contributed by atoms with Crippen LogP contribution in [0.5, 0.6) is 11.5 Å². The minimum absolute atomic E-state index is 0. The number of aryl methyl sites for hydroxylation is 3. The van der Waals surface area contributed by atoms with Crippen molar-refractivity contribution in [1.29, 1.82) is 0 Å². The first-order valence-electron chi connectivity index (χ1n) is 13.8. The zero-order valence-corrected chi connectivity index (χ0v) is 26.2. The number of benzene rings is 4. The van der Waals surface area contributed by atoms with Crippen molar-refractivity contribution in [3.8, 4) is 28.3 Å². The first kappa shape index (κ1) is 28.4. The van der Waals surface area contributed by atoms with Gasteiger partial charge in [0, 0.05) is 56.2 Å². The maximum absolute atomic E-state index is 6.26. The largest absolute Gasteiger partial charge is 0.509 e. The van der Waals surface area contributed by atoms with E-state index < -0.39 is 0 Å². The molecule has 6 aromatic rings. The van der Waals surface area contributed by atoms with Gasteiger partial charge in [0.25, 0.3) is 0 Å². The minimum Gasteiger partial charge on any atom is -0.509 e. The first-order chi connectivity index (χ1) is 20.5. The Hall–Kier alpha value is -4.67. The maximum Gasteiger partial charge on any atom is 0.124 e. The van der Waals surface area contributed by atoms with Crippen molar-refractivity contribution in [2.75, 3.05) is 9.80 Å². The van der Waals surface area contributed by atoms with Crippen LogP contribution < -0.4 is 14.5 Å². The van der Waals surface area contributed by atoms with E-state index in [0.717, 1.165) is 39.7 Å². The fraction of sp³-hybridized carbons (Fsp3) is 0.0833. The number of aromatic nitrogens is 3. The van der Waals surface area contributed by atoms with Gasteiger partial charge >= 0.3 is 0 Å². The number of hydrogen-bond acceptors (Lipinski definition) is 5. The normalized spacial score (nSPS) is 12.2. The summed E-state index contributed by atoms with van der Waals surface area (Å²) in [5.41, 5.74) is 9.62. The SMILES string of the molecule is Cc1cc(C)c(N2[CH-]N(c3[c-]c(Oc4[c-]c(-n5cc(-c6ccccc6)cn5)ccc4)ccc3)c3ncccc32)c(C)c1.[Pt]. The first-order valence-corrected chi connectivity index (χ1v) is 13.8. The number of rotatable bonds is 6. The van der Waals surface area contributed by atoms with E-state index in [-0.39, 0.29) is 21.1 Å². The van der Waals surface area contributed by atoms with Crippen LogP contribution in [-0.2, 0) is 21.1 Å². The summed E-state index contributed by atoms with van der Waals surface area (Å²) >= 11 is 0. The van der Waals surface area contributed by atoms with E-state index in [9.17, 15) is 0 Å². The number of pyridine rings is 1. The van der Waals surface area contributed by atoms with E-state index >= 15 is 0 Å². The molecular formula is C36H28N5OPt-3. The molecule has 0 saturated carbocycles. The van der Waals surface area contributed by atoms with Gasteiger partial charge in [-0.25, -0.2) is 4.98 Å². The van der Waals surface area contributed by atoms with Crippen LogP contribution in [0.25, 0.3) is 16.8 Å². The molecule has 43 heavy (non-hydrogen) atoms. The monoisotopic (exact) mass is 741 g/mol. The molecule has 0 bridgehead atoms. The Morgan fingerprint density at radius 1 is 0.721 bits per heavy atom.